The molecule has 8 nitrogen and oxygen atoms in total. The van der Waals surface area contributed by atoms with Gasteiger partial charge in [-0.05, 0) is 25.1 Å². The van der Waals surface area contributed by atoms with E-state index >= 15 is 0 Å². The Morgan fingerprint density at radius 2 is 1.89 bits per heavy atom. The van der Waals surface area contributed by atoms with Crippen molar-refractivity contribution in [3.05, 3.63) is 58.6 Å². The first-order chi connectivity index (χ1) is 15.9. The van der Waals surface area contributed by atoms with Gasteiger partial charge >= 0.3 is 12.3 Å². The molecule has 35 heavy (non-hydrogen) atoms. The molecule has 0 radical (unpaired) electrons. The summed E-state index contributed by atoms with van der Waals surface area (Å²) in [4.78, 5) is 19.7. The summed E-state index contributed by atoms with van der Waals surface area (Å²) in [5.41, 5.74) is -0.728. The number of amides is 1. The molecule has 192 valence electrons. The fourth-order valence-corrected chi connectivity index (χ4v) is 3.10. The highest BCUT2D eigenvalue weighted by Crippen LogP contribution is 2.29. The second-order valence-corrected chi connectivity index (χ2v) is 9.35. The maximum absolute atomic E-state index is 13.7. The van der Waals surface area contributed by atoms with E-state index in [4.69, 9.17) is 0 Å². The number of sulfone groups is 1. The Bertz CT molecular complexity index is 1210. The Hall–Kier alpha value is -3.36. The average Bonchev–Trinajstić information content (AvgIpc) is 2.70. The van der Waals surface area contributed by atoms with Crippen molar-refractivity contribution in [1.82, 2.24) is 15.3 Å². The molecule has 0 aliphatic rings. The van der Waals surface area contributed by atoms with E-state index in [0.717, 1.165) is 42.1 Å². The lowest BCUT2D eigenvalue weighted by Gasteiger charge is -2.17. The van der Waals surface area contributed by atoms with Gasteiger partial charge in [0.1, 0.15) is 22.9 Å². The zero-order valence-corrected chi connectivity index (χ0v) is 19.3. The summed E-state index contributed by atoms with van der Waals surface area (Å²) in [5.74, 6) is -7.57. The molecule has 0 unspecified atom stereocenters. The predicted molar refractivity (Wildman–Crippen MR) is 113 cm³/mol. The number of alkyl halides is 5. The van der Waals surface area contributed by atoms with Gasteiger partial charge in [0.25, 0.3) is 5.91 Å². The van der Waals surface area contributed by atoms with Gasteiger partial charge in [-0.2, -0.15) is 8.78 Å². The molecule has 15 heteroatoms. The Balaban J connectivity index is 2.38. The van der Waals surface area contributed by atoms with Gasteiger partial charge in [-0.3, -0.25) is 4.79 Å². The molecule has 0 fully saturated rings. The maximum Gasteiger partial charge on any atom is 0.573 e. The molecule has 2 N–H and O–H groups in total. The number of benzene rings is 1. The van der Waals surface area contributed by atoms with Crippen LogP contribution in [0.1, 0.15) is 35.6 Å². The fourth-order valence-electron chi connectivity index (χ4n) is 2.58. The standard InChI is InChI=1S/C20H20F6N4O4S/c1-11(6-7-35(3,32)33)29-17(31)14-10-28-18(19(2,22)23)30-16(14)27-9-12-8-13(21)4-5-15(12)34-20(24,25)26/h4-8,10-11H,9H2,1-3H3,(H,29,31)(H,27,28,30)/b7-6+/t11-/m0/s1. The van der Waals surface area contributed by atoms with E-state index in [9.17, 15) is 39.6 Å². The van der Waals surface area contributed by atoms with Crippen molar-refractivity contribution in [2.24, 2.45) is 0 Å². The predicted octanol–water partition coefficient (Wildman–Crippen LogP) is 3.91. The van der Waals surface area contributed by atoms with Gasteiger partial charge in [0.2, 0.25) is 5.82 Å². The minimum absolute atomic E-state index is 0.346. The molecule has 1 heterocycles. The van der Waals surface area contributed by atoms with Crippen molar-refractivity contribution in [1.29, 1.82) is 0 Å². The van der Waals surface area contributed by atoms with E-state index in [2.05, 4.69) is 25.3 Å². The molecule has 2 rings (SSSR count). The summed E-state index contributed by atoms with van der Waals surface area (Å²) in [7, 11) is -3.48. The molecule has 1 aromatic heterocycles. The van der Waals surface area contributed by atoms with Crippen molar-refractivity contribution < 1.29 is 44.3 Å². The number of ether oxygens (including phenoxy) is 1. The van der Waals surface area contributed by atoms with Crippen LogP contribution in [0.5, 0.6) is 5.75 Å². The largest absolute Gasteiger partial charge is 0.573 e. The molecule has 1 atom stereocenters. The summed E-state index contributed by atoms with van der Waals surface area (Å²) < 4.78 is 105. The number of halogens is 6. The highest BCUT2D eigenvalue weighted by atomic mass is 32.2. The molecular weight excluding hydrogens is 506 g/mol. The lowest BCUT2D eigenvalue weighted by Crippen LogP contribution is -2.32. The van der Waals surface area contributed by atoms with Crippen LogP contribution in [-0.4, -0.2) is 43.0 Å². The maximum atomic E-state index is 13.7. The van der Waals surface area contributed by atoms with Crippen LogP contribution in [0.3, 0.4) is 0 Å². The van der Waals surface area contributed by atoms with Crippen LogP contribution in [0.15, 0.2) is 35.9 Å². The van der Waals surface area contributed by atoms with E-state index in [0.29, 0.717) is 6.92 Å². The summed E-state index contributed by atoms with van der Waals surface area (Å²) in [6.45, 7) is 1.32. The quantitative estimate of drug-likeness (QED) is 0.477. The van der Waals surface area contributed by atoms with Crippen molar-refractivity contribution in [2.75, 3.05) is 11.6 Å². The van der Waals surface area contributed by atoms with E-state index in [1.165, 1.54) is 6.92 Å². The van der Waals surface area contributed by atoms with Crippen LogP contribution in [-0.2, 0) is 22.3 Å². The molecular formula is C20H20F6N4O4S. The van der Waals surface area contributed by atoms with Crippen LogP contribution in [0, 0.1) is 5.82 Å². The molecule has 0 aliphatic carbocycles. The average molecular weight is 526 g/mol. The molecule has 1 aromatic carbocycles. The smallest absolute Gasteiger partial charge is 0.405 e. The highest BCUT2D eigenvalue weighted by molar-refractivity contribution is 7.93. The van der Waals surface area contributed by atoms with Crippen LogP contribution >= 0.6 is 0 Å². The Morgan fingerprint density at radius 3 is 2.46 bits per heavy atom. The van der Waals surface area contributed by atoms with Crippen LogP contribution in [0.4, 0.5) is 32.2 Å². The van der Waals surface area contributed by atoms with Gasteiger partial charge in [0.15, 0.2) is 9.84 Å². The third-order valence-electron chi connectivity index (χ3n) is 4.09. The van der Waals surface area contributed by atoms with Gasteiger partial charge in [-0.25, -0.2) is 22.8 Å². The van der Waals surface area contributed by atoms with Crippen molar-refractivity contribution in [2.45, 2.75) is 38.7 Å². The Morgan fingerprint density at radius 1 is 1.23 bits per heavy atom. The van der Waals surface area contributed by atoms with Crippen molar-refractivity contribution in [3.63, 3.8) is 0 Å². The molecule has 0 saturated carbocycles. The molecule has 2 aromatic rings. The zero-order valence-electron chi connectivity index (χ0n) is 18.5. The minimum Gasteiger partial charge on any atom is -0.405 e. The second kappa shape index (κ2) is 10.5. The summed E-state index contributed by atoms with van der Waals surface area (Å²) in [5, 5.41) is 5.67. The Labute approximate surface area is 196 Å². The van der Waals surface area contributed by atoms with E-state index in [-0.39, 0.29) is 11.1 Å². The number of nitrogens with zero attached hydrogens (tertiary/aromatic N) is 2. The Kier molecular flexibility index (Phi) is 8.36. The van der Waals surface area contributed by atoms with Crippen LogP contribution < -0.4 is 15.4 Å². The van der Waals surface area contributed by atoms with Crippen molar-refractivity contribution in [3.8, 4) is 5.75 Å². The summed E-state index contributed by atoms with van der Waals surface area (Å²) in [6, 6.07) is 1.36. The second-order valence-electron chi connectivity index (χ2n) is 7.42. The van der Waals surface area contributed by atoms with Gasteiger partial charge in [-0.15, -0.1) is 13.2 Å². The van der Waals surface area contributed by atoms with E-state index in [1.807, 2.05) is 0 Å². The SMILES string of the molecule is C[C@@H](/C=C/S(C)(=O)=O)NC(=O)c1cnc(C(C)(F)F)nc1NCc1cc(F)ccc1OC(F)(F)F. The number of anilines is 1. The van der Waals surface area contributed by atoms with E-state index in [1.54, 1.807) is 0 Å². The molecule has 0 spiro atoms. The highest BCUT2D eigenvalue weighted by Gasteiger charge is 2.33. The molecule has 0 saturated heterocycles. The van der Waals surface area contributed by atoms with Crippen LogP contribution in [0.2, 0.25) is 0 Å². The normalized spacial score (nSPS) is 13.5. The van der Waals surface area contributed by atoms with Crippen molar-refractivity contribution >= 4 is 21.6 Å². The molecule has 0 bridgehead atoms. The first kappa shape index (κ1) is 27.9. The zero-order chi connectivity index (χ0) is 26.6. The number of hydrogen-bond acceptors (Lipinski definition) is 7. The number of carbonyl (C=O) groups is 1. The number of hydrogen-bond donors (Lipinski definition) is 2. The first-order valence-corrected chi connectivity index (χ1v) is 11.6. The number of carbonyl (C=O) groups excluding carboxylic acids is 1. The first-order valence-electron chi connectivity index (χ1n) is 9.67. The minimum atomic E-state index is -5.08. The van der Waals surface area contributed by atoms with Gasteiger partial charge in [-0.1, -0.05) is 6.08 Å². The third-order valence-corrected chi connectivity index (χ3v) is 4.75. The molecule has 0 aliphatic heterocycles. The topological polar surface area (TPSA) is 110 Å². The van der Waals surface area contributed by atoms with E-state index < -0.39 is 63.8 Å². The lowest BCUT2D eigenvalue weighted by molar-refractivity contribution is -0.274. The summed E-state index contributed by atoms with van der Waals surface area (Å²) >= 11 is 0. The number of aromatic nitrogens is 2. The monoisotopic (exact) mass is 526 g/mol. The van der Waals surface area contributed by atoms with Gasteiger partial charge in [0.05, 0.1) is 0 Å². The van der Waals surface area contributed by atoms with Gasteiger partial charge < -0.3 is 15.4 Å². The summed E-state index contributed by atoms with van der Waals surface area (Å²) in [6.07, 6.45) is -2.23. The van der Waals surface area contributed by atoms with Gasteiger partial charge in [0, 0.05) is 42.9 Å². The molecule has 1 amide bonds. The number of nitrogens with one attached hydrogen (secondary N) is 2. The van der Waals surface area contributed by atoms with Crippen LogP contribution in [0.25, 0.3) is 0 Å². The third kappa shape index (κ3) is 9.07. The fraction of sp³-hybridized carbons (Fsp3) is 0.350. The lowest BCUT2D eigenvalue weighted by atomic mass is 10.2. The number of rotatable bonds is 9.